The Morgan fingerprint density at radius 3 is 2.76 bits per heavy atom. The molecule has 0 bridgehead atoms. The number of anilines is 1. The van der Waals surface area contributed by atoms with Crippen molar-refractivity contribution in [3.05, 3.63) is 33.9 Å². The highest BCUT2D eigenvalue weighted by atomic mass is 16.6. The van der Waals surface area contributed by atoms with E-state index in [9.17, 15) is 14.9 Å². The third-order valence-electron chi connectivity index (χ3n) is 3.00. The van der Waals surface area contributed by atoms with Gasteiger partial charge in [-0.15, -0.1) is 0 Å². The molecule has 21 heavy (non-hydrogen) atoms. The topological polar surface area (TPSA) is 84.7 Å². The van der Waals surface area contributed by atoms with E-state index in [1.807, 2.05) is 6.92 Å². The van der Waals surface area contributed by atoms with Crippen molar-refractivity contribution in [3.63, 3.8) is 0 Å². The first kappa shape index (κ1) is 16.9. The van der Waals surface area contributed by atoms with Crippen LogP contribution in [0, 0.1) is 10.1 Å². The highest BCUT2D eigenvalue weighted by Gasteiger charge is 2.18. The van der Waals surface area contributed by atoms with Crippen molar-refractivity contribution < 1.29 is 14.5 Å². The molecule has 116 valence electrons. The summed E-state index contributed by atoms with van der Waals surface area (Å²) in [5.74, 6) is -0.167. The Morgan fingerprint density at radius 1 is 1.48 bits per heavy atom. The molecular formula is C14H21N3O4. The minimum Gasteiger partial charge on any atom is -0.385 e. The molecule has 0 saturated heterocycles. The Kier molecular flexibility index (Phi) is 6.61. The number of hydrogen-bond acceptors (Lipinski definition) is 5. The second kappa shape index (κ2) is 8.21. The summed E-state index contributed by atoms with van der Waals surface area (Å²) in [5.41, 5.74) is 0.755. The Morgan fingerprint density at radius 2 is 2.19 bits per heavy atom. The zero-order valence-corrected chi connectivity index (χ0v) is 12.6. The fourth-order valence-corrected chi connectivity index (χ4v) is 1.93. The molecule has 0 aliphatic rings. The smallest absolute Gasteiger partial charge is 0.292 e. The number of rotatable bonds is 8. The lowest BCUT2D eigenvalue weighted by Gasteiger charge is -2.17. The van der Waals surface area contributed by atoms with E-state index in [2.05, 4.69) is 5.32 Å². The van der Waals surface area contributed by atoms with Gasteiger partial charge in [0.2, 0.25) is 0 Å². The van der Waals surface area contributed by atoms with Crippen LogP contribution in [0.25, 0.3) is 0 Å². The number of ether oxygens (including phenoxy) is 1. The number of carbonyl (C=O) groups excluding carboxylic acids is 1. The van der Waals surface area contributed by atoms with Crippen LogP contribution in [-0.4, -0.2) is 49.6 Å². The summed E-state index contributed by atoms with van der Waals surface area (Å²) >= 11 is 0. The van der Waals surface area contributed by atoms with Gasteiger partial charge in [-0.25, -0.2) is 0 Å². The summed E-state index contributed by atoms with van der Waals surface area (Å²) in [5, 5.41) is 13.9. The summed E-state index contributed by atoms with van der Waals surface area (Å²) in [6.45, 7) is 3.54. The predicted molar refractivity (Wildman–Crippen MR) is 80.7 cm³/mol. The van der Waals surface area contributed by atoms with Gasteiger partial charge in [0, 0.05) is 45.5 Å². The second-order valence-electron chi connectivity index (χ2n) is 4.59. The van der Waals surface area contributed by atoms with E-state index in [-0.39, 0.29) is 11.6 Å². The van der Waals surface area contributed by atoms with Gasteiger partial charge < -0.3 is 15.0 Å². The molecule has 7 nitrogen and oxygen atoms in total. The average Bonchev–Trinajstić information content (AvgIpc) is 2.46. The molecule has 0 aliphatic carbocycles. The summed E-state index contributed by atoms with van der Waals surface area (Å²) in [6, 6.07) is 4.36. The van der Waals surface area contributed by atoms with Crippen LogP contribution in [0.3, 0.4) is 0 Å². The standard InChI is InChI=1S/C14H21N3O4/c1-4-15-12-10-11(6-7-13(12)17(19)20)14(18)16(2)8-5-9-21-3/h6-7,10,15H,4-5,8-9H2,1-3H3. The van der Waals surface area contributed by atoms with Gasteiger partial charge in [-0.3, -0.25) is 14.9 Å². The van der Waals surface area contributed by atoms with Gasteiger partial charge in [-0.1, -0.05) is 0 Å². The molecule has 0 fully saturated rings. The quantitative estimate of drug-likeness (QED) is 0.451. The van der Waals surface area contributed by atoms with Gasteiger partial charge in [0.15, 0.2) is 0 Å². The van der Waals surface area contributed by atoms with E-state index in [0.717, 1.165) is 6.42 Å². The van der Waals surface area contributed by atoms with Crippen molar-refractivity contribution in [2.24, 2.45) is 0 Å². The lowest BCUT2D eigenvalue weighted by atomic mass is 10.1. The molecule has 0 unspecified atom stereocenters. The molecular weight excluding hydrogens is 274 g/mol. The maximum Gasteiger partial charge on any atom is 0.292 e. The highest BCUT2D eigenvalue weighted by molar-refractivity contribution is 5.95. The third kappa shape index (κ3) is 4.71. The number of nitro groups is 1. The first-order chi connectivity index (χ1) is 10.0. The van der Waals surface area contributed by atoms with Crippen LogP contribution in [0.15, 0.2) is 18.2 Å². The van der Waals surface area contributed by atoms with Gasteiger partial charge in [0.25, 0.3) is 11.6 Å². The Balaban J connectivity index is 2.89. The van der Waals surface area contributed by atoms with E-state index < -0.39 is 4.92 Å². The normalized spacial score (nSPS) is 10.2. The fourth-order valence-electron chi connectivity index (χ4n) is 1.93. The van der Waals surface area contributed by atoms with Crippen LogP contribution >= 0.6 is 0 Å². The number of benzene rings is 1. The number of carbonyl (C=O) groups is 1. The monoisotopic (exact) mass is 295 g/mol. The van der Waals surface area contributed by atoms with E-state index in [0.29, 0.717) is 30.9 Å². The summed E-state index contributed by atoms with van der Waals surface area (Å²) < 4.78 is 4.95. The maximum absolute atomic E-state index is 12.3. The number of amides is 1. The largest absolute Gasteiger partial charge is 0.385 e. The first-order valence-corrected chi connectivity index (χ1v) is 6.78. The van der Waals surface area contributed by atoms with Gasteiger partial charge >= 0.3 is 0 Å². The molecule has 1 N–H and O–H groups in total. The van der Waals surface area contributed by atoms with Crippen LogP contribution < -0.4 is 5.32 Å². The van der Waals surface area contributed by atoms with Crippen LogP contribution in [0.1, 0.15) is 23.7 Å². The third-order valence-corrected chi connectivity index (χ3v) is 3.00. The molecule has 0 spiro atoms. The zero-order valence-electron chi connectivity index (χ0n) is 12.6. The summed E-state index contributed by atoms with van der Waals surface area (Å²) in [4.78, 5) is 24.3. The van der Waals surface area contributed by atoms with Crippen molar-refractivity contribution in [1.82, 2.24) is 4.90 Å². The number of hydrogen-bond donors (Lipinski definition) is 1. The predicted octanol–water partition coefficient (Wildman–Crippen LogP) is 2.14. The van der Waals surface area contributed by atoms with Crippen molar-refractivity contribution in [2.75, 3.05) is 39.2 Å². The minimum absolute atomic E-state index is 0.0320. The Bertz CT molecular complexity index is 505. The van der Waals surface area contributed by atoms with E-state index in [4.69, 9.17) is 4.74 Å². The molecule has 0 heterocycles. The van der Waals surface area contributed by atoms with Crippen LogP contribution in [0.2, 0.25) is 0 Å². The lowest BCUT2D eigenvalue weighted by Crippen LogP contribution is -2.28. The molecule has 1 aromatic rings. The van der Waals surface area contributed by atoms with Crippen molar-refractivity contribution in [1.29, 1.82) is 0 Å². The Hall–Kier alpha value is -2.15. The van der Waals surface area contributed by atoms with Crippen molar-refractivity contribution >= 4 is 17.3 Å². The molecule has 0 atom stereocenters. The highest BCUT2D eigenvalue weighted by Crippen LogP contribution is 2.25. The van der Waals surface area contributed by atoms with Gasteiger partial charge in [0.1, 0.15) is 5.69 Å². The second-order valence-corrected chi connectivity index (χ2v) is 4.59. The van der Waals surface area contributed by atoms with Crippen molar-refractivity contribution in [2.45, 2.75) is 13.3 Å². The zero-order chi connectivity index (χ0) is 15.8. The van der Waals surface area contributed by atoms with Crippen LogP contribution in [0.5, 0.6) is 0 Å². The molecule has 0 aromatic heterocycles. The number of nitro benzene ring substituents is 1. The molecule has 0 saturated carbocycles. The van der Waals surface area contributed by atoms with Crippen LogP contribution in [-0.2, 0) is 4.74 Å². The maximum atomic E-state index is 12.3. The van der Waals surface area contributed by atoms with Gasteiger partial charge in [0.05, 0.1) is 4.92 Å². The molecule has 1 aromatic carbocycles. The first-order valence-electron chi connectivity index (χ1n) is 6.78. The molecule has 7 heteroatoms. The lowest BCUT2D eigenvalue weighted by molar-refractivity contribution is -0.384. The molecule has 0 radical (unpaired) electrons. The number of nitrogens with zero attached hydrogens (tertiary/aromatic N) is 2. The van der Waals surface area contributed by atoms with E-state index in [1.165, 1.54) is 18.2 Å². The molecule has 0 aliphatic heterocycles. The molecule has 1 amide bonds. The number of nitrogens with one attached hydrogen (secondary N) is 1. The summed E-state index contributed by atoms with van der Waals surface area (Å²) in [6.07, 6.45) is 0.742. The SMILES string of the molecule is CCNc1cc(C(=O)N(C)CCCOC)ccc1[N+](=O)[O-]. The van der Waals surface area contributed by atoms with Crippen LogP contribution in [0.4, 0.5) is 11.4 Å². The van der Waals surface area contributed by atoms with E-state index in [1.54, 1.807) is 19.1 Å². The molecule has 1 rings (SSSR count). The van der Waals surface area contributed by atoms with Gasteiger partial charge in [-0.2, -0.15) is 0 Å². The Labute approximate surface area is 124 Å². The average molecular weight is 295 g/mol. The minimum atomic E-state index is -0.464. The summed E-state index contributed by atoms with van der Waals surface area (Å²) in [7, 11) is 3.31. The van der Waals surface area contributed by atoms with Gasteiger partial charge in [-0.05, 0) is 25.5 Å². The fraction of sp³-hybridized carbons (Fsp3) is 0.500. The number of methoxy groups -OCH3 is 1. The van der Waals surface area contributed by atoms with Crippen molar-refractivity contribution in [3.8, 4) is 0 Å². The van der Waals surface area contributed by atoms with E-state index >= 15 is 0 Å².